The van der Waals surface area contributed by atoms with Crippen molar-refractivity contribution in [3.8, 4) is 0 Å². The van der Waals surface area contributed by atoms with Gasteiger partial charge in [0.15, 0.2) is 0 Å². The third-order valence-electron chi connectivity index (χ3n) is 6.72. The lowest BCUT2D eigenvalue weighted by atomic mass is 9.79. The minimum Gasteiger partial charge on any atom is -0.369 e. The standard InChI is InChI=1S/C26H29N3O3/c1-15-7-9-19(10-8-15)29-24(31)21(23(30)27-25(29)32)13-18-12-20-17(3)14-26(4,5)28(6)22(20)11-16(18)2/h7-13,17H,14H2,1-6H3,(H,27,30,32)/b21-13+/t17-/m1/s1. The summed E-state index contributed by atoms with van der Waals surface area (Å²) in [6.45, 7) is 10.6. The van der Waals surface area contributed by atoms with Crippen LogP contribution in [-0.2, 0) is 9.59 Å². The van der Waals surface area contributed by atoms with Crippen LogP contribution < -0.4 is 15.1 Å². The van der Waals surface area contributed by atoms with E-state index >= 15 is 0 Å². The average molecular weight is 432 g/mol. The van der Waals surface area contributed by atoms with Crippen LogP contribution in [0.15, 0.2) is 42.0 Å². The van der Waals surface area contributed by atoms with Crippen molar-refractivity contribution in [3.63, 3.8) is 0 Å². The van der Waals surface area contributed by atoms with Crippen LogP contribution in [-0.4, -0.2) is 30.4 Å². The number of benzene rings is 2. The summed E-state index contributed by atoms with van der Waals surface area (Å²) in [5.41, 5.74) is 5.57. The first-order valence-corrected chi connectivity index (χ1v) is 10.9. The Labute approximate surface area is 188 Å². The van der Waals surface area contributed by atoms with E-state index in [-0.39, 0.29) is 11.1 Å². The van der Waals surface area contributed by atoms with Gasteiger partial charge in [0.1, 0.15) is 5.57 Å². The predicted octanol–water partition coefficient (Wildman–Crippen LogP) is 4.69. The highest BCUT2D eigenvalue weighted by Crippen LogP contribution is 2.43. The van der Waals surface area contributed by atoms with Crippen LogP contribution in [0.4, 0.5) is 16.2 Å². The molecule has 2 aliphatic rings. The van der Waals surface area contributed by atoms with Crippen LogP contribution in [0.25, 0.3) is 6.08 Å². The molecular weight excluding hydrogens is 402 g/mol. The third kappa shape index (κ3) is 3.60. The van der Waals surface area contributed by atoms with Gasteiger partial charge in [-0.15, -0.1) is 0 Å². The molecule has 2 heterocycles. The molecule has 0 spiro atoms. The van der Waals surface area contributed by atoms with E-state index in [4.69, 9.17) is 0 Å². The number of amides is 4. The van der Waals surface area contributed by atoms with Gasteiger partial charge >= 0.3 is 6.03 Å². The molecule has 0 aromatic heterocycles. The number of carbonyl (C=O) groups excluding carboxylic acids is 3. The highest BCUT2D eigenvalue weighted by atomic mass is 16.2. The molecule has 166 valence electrons. The Hall–Kier alpha value is -3.41. The number of barbiturate groups is 1. The van der Waals surface area contributed by atoms with E-state index < -0.39 is 17.8 Å². The number of urea groups is 1. The normalized spacial score (nSPS) is 21.6. The van der Waals surface area contributed by atoms with Gasteiger partial charge in [-0.25, -0.2) is 9.69 Å². The lowest BCUT2D eigenvalue weighted by molar-refractivity contribution is -0.122. The Morgan fingerprint density at radius 3 is 2.38 bits per heavy atom. The summed E-state index contributed by atoms with van der Waals surface area (Å²) >= 11 is 0. The highest BCUT2D eigenvalue weighted by Gasteiger charge is 2.38. The molecule has 0 bridgehead atoms. The number of anilines is 2. The lowest BCUT2D eigenvalue weighted by Crippen LogP contribution is -2.54. The zero-order valence-corrected chi connectivity index (χ0v) is 19.4. The number of nitrogens with one attached hydrogen (secondary N) is 1. The van der Waals surface area contributed by atoms with Crippen molar-refractivity contribution in [1.29, 1.82) is 0 Å². The first-order valence-electron chi connectivity index (χ1n) is 10.9. The molecule has 0 radical (unpaired) electrons. The minimum atomic E-state index is -0.736. The first kappa shape index (κ1) is 21.8. The zero-order chi connectivity index (χ0) is 23.4. The summed E-state index contributed by atoms with van der Waals surface area (Å²) < 4.78 is 0. The largest absolute Gasteiger partial charge is 0.369 e. The molecule has 1 atom stereocenters. The van der Waals surface area contributed by atoms with Crippen LogP contribution in [0.2, 0.25) is 0 Å². The van der Waals surface area contributed by atoms with E-state index in [0.29, 0.717) is 11.6 Å². The van der Waals surface area contributed by atoms with E-state index in [9.17, 15) is 14.4 Å². The van der Waals surface area contributed by atoms with Gasteiger partial charge in [-0.3, -0.25) is 14.9 Å². The number of hydrogen-bond donors (Lipinski definition) is 1. The fourth-order valence-corrected chi connectivity index (χ4v) is 4.63. The molecule has 1 saturated heterocycles. The molecule has 4 amide bonds. The first-order chi connectivity index (χ1) is 15.0. The molecule has 0 saturated carbocycles. The summed E-state index contributed by atoms with van der Waals surface area (Å²) in [6, 6.07) is 10.5. The van der Waals surface area contributed by atoms with Gasteiger partial charge in [0, 0.05) is 18.3 Å². The van der Waals surface area contributed by atoms with E-state index in [1.807, 2.05) is 26.0 Å². The second-order valence-electron chi connectivity index (χ2n) is 9.54. The monoisotopic (exact) mass is 431 g/mol. The number of fused-ring (bicyclic) bond motifs is 1. The van der Waals surface area contributed by atoms with Crippen LogP contribution >= 0.6 is 0 Å². The fraction of sp³-hybridized carbons (Fsp3) is 0.346. The van der Waals surface area contributed by atoms with Gasteiger partial charge < -0.3 is 4.90 Å². The maximum absolute atomic E-state index is 13.2. The number of rotatable bonds is 2. The second-order valence-corrected chi connectivity index (χ2v) is 9.54. The van der Waals surface area contributed by atoms with Crippen LogP contribution in [0.1, 0.15) is 55.4 Å². The van der Waals surface area contributed by atoms with Crippen molar-refractivity contribution in [2.24, 2.45) is 0 Å². The molecule has 2 aromatic carbocycles. The second kappa shape index (κ2) is 7.62. The van der Waals surface area contributed by atoms with Crippen molar-refractivity contribution in [1.82, 2.24) is 5.32 Å². The van der Waals surface area contributed by atoms with E-state index in [2.05, 4.69) is 50.2 Å². The smallest absolute Gasteiger partial charge is 0.335 e. The molecule has 1 fully saturated rings. The van der Waals surface area contributed by atoms with Gasteiger partial charge in [0.05, 0.1) is 5.69 Å². The SMILES string of the molecule is Cc1ccc(N2C(=O)NC(=O)/C(=C\c3cc4c(cc3C)N(C)C(C)(C)C[C@H]4C)C2=O)cc1. The molecular formula is C26H29N3O3. The molecule has 6 nitrogen and oxygen atoms in total. The molecule has 4 rings (SSSR count). The summed E-state index contributed by atoms with van der Waals surface area (Å²) in [7, 11) is 2.10. The van der Waals surface area contributed by atoms with Crippen molar-refractivity contribution < 1.29 is 14.4 Å². The van der Waals surface area contributed by atoms with Crippen molar-refractivity contribution in [2.75, 3.05) is 16.8 Å². The van der Waals surface area contributed by atoms with Gasteiger partial charge in [0.2, 0.25) is 0 Å². The molecule has 0 aliphatic carbocycles. The molecule has 0 unspecified atom stereocenters. The maximum Gasteiger partial charge on any atom is 0.335 e. The van der Waals surface area contributed by atoms with Gasteiger partial charge in [-0.2, -0.15) is 0 Å². The number of nitrogens with zero attached hydrogens (tertiary/aromatic N) is 2. The van der Waals surface area contributed by atoms with Gasteiger partial charge in [-0.1, -0.05) is 24.6 Å². The molecule has 32 heavy (non-hydrogen) atoms. The summed E-state index contributed by atoms with van der Waals surface area (Å²) in [5.74, 6) is -0.951. The predicted molar refractivity (Wildman–Crippen MR) is 127 cm³/mol. The topological polar surface area (TPSA) is 69.7 Å². The van der Waals surface area contributed by atoms with Crippen molar-refractivity contribution >= 4 is 35.3 Å². The summed E-state index contributed by atoms with van der Waals surface area (Å²) in [6.07, 6.45) is 2.61. The maximum atomic E-state index is 13.2. The van der Waals surface area contributed by atoms with Crippen molar-refractivity contribution in [3.05, 3.63) is 64.2 Å². The quantitative estimate of drug-likeness (QED) is 0.553. The van der Waals surface area contributed by atoms with Crippen LogP contribution in [0.3, 0.4) is 0 Å². The van der Waals surface area contributed by atoms with Crippen molar-refractivity contribution in [2.45, 2.75) is 52.5 Å². The Balaban J connectivity index is 1.77. The van der Waals surface area contributed by atoms with Gasteiger partial charge in [0.25, 0.3) is 11.8 Å². The van der Waals surface area contributed by atoms with Crippen LogP contribution in [0, 0.1) is 13.8 Å². The number of carbonyl (C=O) groups is 3. The minimum absolute atomic E-state index is 0.0486. The zero-order valence-electron chi connectivity index (χ0n) is 19.4. The van der Waals surface area contributed by atoms with Gasteiger partial charge in [-0.05, 0) is 87.1 Å². The highest BCUT2D eigenvalue weighted by molar-refractivity contribution is 6.39. The third-order valence-corrected chi connectivity index (χ3v) is 6.72. The summed E-state index contributed by atoms with van der Waals surface area (Å²) in [4.78, 5) is 41.5. The number of hydrogen-bond acceptors (Lipinski definition) is 4. The Kier molecular flexibility index (Phi) is 5.19. The Morgan fingerprint density at radius 2 is 1.72 bits per heavy atom. The molecule has 6 heteroatoms. The Morgan fingerprint density at radius 1 is 1.06 bits per heavy atom. The average Bonchev–Trinajstić information content (AvgIpc) is 2.71. The molecule has 2 aliphatic heterocycles. The van der Waals surface area contributed by atoms with E-state index in [1.165, 1.54) is 11.3 Å². The number of aryl methyl sites for hydroxylation is 2. The molecule has 1 N–H and O–H groups in total. The van der Waals surface area contributed by atoms with E-state index in [0.717, 1.165) is 28.0 Å². The lowest BCUT2D eigenvalue weighted by Gasteiger charge is -2.45. The molecule has 2 aromatic rings. The number of imide groups is 2. The fourth-order valence-electron chi connectivity index (χ4n) is 4.63. The van der Waals surface area contributed by atoms with Crippen LogP contribution in [0.5, 0.6) is 0 Å². The van der Waals surface area contributed by atoms with E-state index in [1.54, 1.807) is 18.2 Å². The Bertz CT molecular complexity index is 1160. The summed E-state index contributed by atoms with van der Waals surface area (Å²) in [5, 5.41) is 2.30.